The Balaban J connectivity index is 2.05. The fraction of sp³-hybridized carbons (Fsp3) is 0.500. The first-order chi connectivity index (χ1) is 12.1. The van der Waals surface area contributed by atoms with Crippen molar-refractivity contribution in [3.05, 3.63) is 47.5 Å². The summed E-state index contributed by atoms with van der Waals surface area (Å²) < 4.78 is 7.07. The molecular weight excluding hydrogens is 316 g/mol. The highest BCUT2D eigenvalue weighted by Gasteiger charge is 2.09. The average molecular weight is 344 g/mol. The molecule has 1 aromatic heterocycles. The summed E-state index contributed by atoms with van der Waals surface area (Å²) in [5.41, 5.74) is 1.24. The Morgan fingerprint density at radius 2 is 2.04 bits per heavy atom. The number of aryl methyl sites for hydroxylation is 1. The van der Waals surface area contributed by atoms with Crippen LogP contribution < -0.4 is 5.32 Å². The summed E-state index contributed by atoms with van der Waals surface area (Å²) in [6, 6.07) is 10.4. The lowest BCUT2D eigenvalue weighted by molar-refractivity contribution is 0.195. The summed E-state index contributed by atoms with van der Waals surface area (Å²) >= 11 is 0. The van der Waals surface area contributed by atoms with Crippen LogP contribution in [0.1, 0.15) is 23.6 Å². The predicted octanol–water partition coefficient (Wildman–Crippen LogP) is 1.74. The van der Waals surface area contributed by atoms with Crippen molar-refractivity contribution in [2.75, 3.05) is 27.3 Å². The zero-order chi connectivity index (χ0) is 18.1. The molecule has 1 aromatic carbocycles. The first-order valence-corrected chi connectivity index (χ1v) is 8.49. The SMILES string of the molecule is COCCCNC(=NCc1nnc(C)n1C)N(C)Cc1ccccc1. The topological polar surface area (TPSA) is 67.6 Å². The third kappa shape index (κ3) is 5.86. The molecule has 0 spiro atoms. The van der Waals surface area contributed by atoms with Crippen molar-refractivity contribution < 1.29 is 4.74 Å². The van der Waals surface area contributed by atoms with Gasteiger partial charge in [-0.3, -0.25) is 0 Å². The maximum absolute atomic E-state index is 5.11. The summed E-state index contributed by atoms with van der Waals surface area (Å²) in [6.07, 6.45) is 0.928. The van der Waals surface area contributed by atoms with Gasteiger partial charge in [0.1, 0.15) is 12.4 Å². The predicted molar refractivity (Wildman–Crippen MR) is 99.3 cm³/mol. The molecule has 0 bridgehead atoms. The van der Waals surface area contributed by atoms with E-state index in [9.17, 15) is 0 Å². The summed E-state index contributed by atoms with van der Waals surface area (Å²) in [7, 11) is 5.71. The zero-order valence-electron chi connectivity index (χ0n) is 15.6. The number of nitrogens with one attached hydrogen (secondary N) is 1. The molecule has 0 aliphatic carbocycles. The van der Waals surface area contributed by atoms with E-state index in [-0.39, 0.29) is 0 Å². The molecule has 7 nitrogen and oxygen atoms in total. The fourth-order valence-electron chi connectivity index (χ4n) is 2.39. The second kappa shape index (κ2) is 9.78. The second-order valence-electron chi connectivity index (χ2n) is 5.98. The molecule has 0 unspecified atom stereocenters. The van der Waals surface area contributed by atoms with Crippen LogP contribution in [0.5, 0.6) is 0 Å². The number of aliphatic imine (C=N–C) groups is 1. The van der Waals surface area contributed by atoms with Crippen molar-refractivity contribution in [3.8, 4) is 0 Å². The number of ether oxygens (including phenoxy) is 1. The number of guanidine groups is 1. The van der Waals surface area contributed by atoms with Crippen LogP contribution in [0.25, 0.3) is 0 Å². The average Bonchev–Trinajstić information content (AvgIpc) is 2.94. The molecule has 0 saturated carbocycles. The van der Waals surface area contributed by atoms with Crippen LogP contribution in [0, 0.1) is 6.92 Å². The van der Waals surface area contributed by atoms with Crippen molar-refractivity contribution in [1.82, 2.24) is 25.0 Å². The largest absolute Gasteiger partial charge is 0.385 e. The third-order valence-corrected chi connectivity index (χ3v) is 3.99. The number of benzene rings is 1. The molecular formula is C18H28N6O. The summed E-state index contributed by atoms with van der Waals surface area (Å²) in [5, 5.41) is 11.7. The number of hydrogen-bond acceptors (Lipinski definition) is 4. The molecule has 0 aliphatic heterocycles. The van der Waals surface area contributed by atoms with E-state index in [0.29, 0.717) is 6.54 Å². The van der Waals surface area contributed by atoms with Gasteiger partial charge in [0.2, 0.25) is 0 Å². The van der Waals surface area contributed by atoms with Crippen LogP contribution in [0.15, 0.2) is 35.3 Å². The molecule has 136 valence electrons. The highest BCUT2D eigenvalue weighted by atomic mass is 16.5. The van der Waals surface area contributed by atoms with E-state index in [4.69, 9.17) is 9.73 Å². The summed E-state index contributed by atoms with van der Waals surface area (Å²) in [4.78, 5) is 6.85. The Hall–Kier alpha value is -2.41. The van der Waals surface area contributed by atoms with Crippen molar-refractivity contribution in [2.45, 2.75) is 26.4 Å². The molecule has 0 saturated heterocycles. The van der Waals surface area contributed by atoms with Crippen molar-refractivity contribution in [1.29, 1.82) is 0 Å². The Morgan fingerprint density at radius 3 is 2.68 bits per heavy atom. The van der Waals surface area contributed by atoms with Gasteiger partial charge in [-0.15, -0.1) is 10.2 Å². The smallest absolute Gasteiger partial charge is 0.194 e. The molecule has 0 aliphatic rings. The highest BCUT2D eigenvalue weighted by molar-refractivity contribution is 5.79. The van der Waals surface area contributed by atoms with E-state index >= 15 is 0 Å². The Kier molecular flexibility index (Phi) is 7.40. The first kappa shape index (κ1) is 18.9. The van der Waals surface area contributed by atoms with E-state index < -0.39 is 0 Å². The number of hydrogen-bond donors (Lipinski definition) is 1. The molecule has 2 rings (SSSR count). The molecule has 1 N–H and O–H groups in total. The van der Waals surface area contributed by atoms with Crippen LogP contribution in [0.2, 0.25) is 0 Å². The standard InChI is InChI=1S/C18H28N6O/c1-15-21-22-17(24(15)3)13-20-18(19-11-8-12-25-4)23(2)14-16-9-6-5-7-10-16/h5-7,9-10H,8,11-14H2,1-4H3,(H,19,20). The Morgan fingerprint density at radius 1 is 1.28 bits per heavy atom. The zero-order valence-corrected chi connectivity index (χ0v) is 15.6. The van der Waals surface area contributed by atoms with Crippen LogP contribution in [0.3, 0.4) is 0 Å². The van der Waals surface area contributed by atoms with Crippen molar-refractivity contribution in [3.63, 3.8) is 0 Å². The lowest BCUT2D eigenvalue weighted by Crippen LogP contribution is -2.39. The lowest BCUT2D eigenvalue weighted by atomic mass is 10.2. The molecule has 25 heavy (non-hydrogen) atoms. The van der Waals surface area contributed by atoms with Gasteiger partial charge in [-0.1, -0.05) is 30.3 Å². The minimum atomic E-state index is 0.489. The van der Waals surface area contributed by atoms with E-state index in [0.717, 1.165) is 43.7 Å². The fourth-order valence-corrected chi connectivity index (χ4v) is 2.39. The molecule has 1 heterocycles. The Labute approximate surface area is 149 Å². The van der Waals surface area contributed by atoms with E-state index in [1.807, 2.05) is 43.8 Å². The lowest BCUT2D eigenvalue weighted by Gasteiger charge is -2.22. The molecule has 2 aromatic rings. The Bertz CT molecular complexity index is 667. The number of methoxy groups -OCH3 is 1. The van der Waals surface area contributed by atoms with Gasteiger partial charge in [-0.25, -0.2) is 4.99 Å². The quantitative estimate of drug-likeness (QED) is 0.449. The molecule has 0 fully saturated rings. The minimum Gasteiger partial charge on any atom is -0.385 e. The van der Waals surface area contributed by atoms with Crippen LogP contribution >= 0.6 is 0 Å². The van der Waals surface area contributed by atoms with Gasteiger partial charge in [-0.2, -0.15) is 0 Å². The summed E-state index contributed by atoms with van der Waals surface area (Å²) in [6.45, 7) is 4.75. The maximum Gasteiger partial charge on any atom is 0.194 e. The summed E-state index contributed by atoms with van der Waals surface area (Å²) in [5.74, 6) is 2.58. The second-order valence-corrected chi connectivity index (χ2v) is 5.98. The molecule has 0 atom stereocenters. The van der Waals surface area contributed by atoms with Gasteiger partial charge >= 0.3 is 0 Å². The third-order valence-electron chi connectivity index (χ3n) is 3.99. The van der Waals surface area contributed by atoms with Gasteiger partial charge in [-0.05, 0) is 18.9 Å². The maximum atomic E-state index is 5.11. The first-order valence-electron chi connectivity index (χ1n) is 8.49. The van der Waals surface area contributed by atoms with Gasteiger partial charge in [0.15, 0.2) is 11.8 Å². The monoisotopic (exact) mass is 344 g/mol. The van der Waals surface area contributed by atoms with Crippen LogP contribution in [-0.4, -0.2) is 52.9 Å². The molecule has 0 amide bonds. The van der Waals surface area contributed by atoms with Gasteiger partial charge in [0.25, 0.3) is 0 Å². The number of rotatable bonds is 8. The van der Waals surface area contributed by atoms with Gasteiger partial charge in [0.05, 0.1) is 0 Å². The van der Waals surface area contributed by atoms with Crippen LogP contribution in [0.4, 0.5) is 0 Å². The molecule has 0 radical (unpaired) electrons. The van der Waals surface area contributed by atoms with Gasteiger partial charge in [0, 0.05) is 40.9 Å². The van der Waals surface area contributed by atoms with Crippen molar-refractivity contribution >= 4 is 5.96 Å². The minimum absolute atomic E-state index is 0.489. The highest BCUT2D eigenvalue weighted by Crippen LogP contribution is 2.05. The van der Waals surface area contributed by atoms with E-state index in [2.05, 4.69) is 32.5 Å². The number of nitrogens with zero attached hydrogens (tertiary/aromatic N) is 5. The van der Waals surface area contributed by atoms with Crippen LogP contribution in [-0.2, 0) is 24.9 Å². The van der Waals surface area contributed by atoms with E-state index in [1.165, 1.54) is 5.56 Å². The molecule has 7 heteroatoms. The normalized spacial score (nSPS) is 11.6. The number of aromatic nitrogens is 3. The van der Waals surface area contributed by atoms with E-state index in [1.54, 1.807) is 7.11 Å². The van der Waals surface area contributed by atoms with Crippen molar-refractivity contribution in [2.24, 2.45) is 12.0 Å². The van der Waals surface area contributed by atoms with Gasteiger partial charge < -0.3 is 19.5 Å².